The molecule has 150 valence electrons. The van der Waals surface area contributed by atoms with Gasteiger partial charge in [-0.1, -0.05) is 17.4 Å². The summed E-state index contributed by atoms with van der Waals surface area (Å²) in [6.45, 7) is 7.63. The lowest BCUT2D eigenvalue weighted by Gasteiger charge is -2.07. The minimum Gasteiger partial charge on any atom is -0.497 e. The number of benzene rings is 2. The number of thiazole rings is 1. The van der Waals surface area contributed by atoms with E-state index in [-0.39, 0.29) is 4.90 Å². The number of hydrogen-bond donors (Lipinski definition) is 0. The highest BCUT2D eigenvalue weighted by Gasteiger charge is 2.16. The fourth-order valence-corrected chi connectivity index (χ4v) is 5.31. The third kappa shape index (κ3) is 4.29. The minimum absolute atomic E-state index is 0.134. The van der Waals surface area contributed by atoms with E-state index in [0.717, 1.165) is 21.3 Å². The molecule has 6 nitrogen and oxygen atoms in total. The van der Waals surface area contributed by atoms with Gasteiger partial charge in [-0.25, -0.2) is 0 Å². The first-order chi connectivity index (χ1) is 13.4. The minimum atomic E-state index is -3.84. The summed E-state index contributed by atoms with van der Waals surface area (Å²) >= 11 is 1.38. The van der Waals surface area contributed by atoms with Crippen molar-refractivity contribution in [2.75, 3.05) is 20.3 Å². The Morgan fingerprint density at radius 3 is 2.50 bits per heavy atom. The van der Waals surface area contributed by atoms with Crippen LogP contribution in [-0.4, -0.2) is 33.3 Å². The molecule has 0 aliphatic carbocycles. The zero-order chi connectivity index (χ0) is 20.3. The number of fused-ring (bicyclic) bond motifs is 1. The number of rotatable bonds is 7. The van der Waals surface area contributed by atoms with Crippen molar-refractivity contribution in [1.29, 1.82) is 0 Å². The van der Waals surface area contributed by atoms with Gasteiger partial charge >= 0.3 is 0 Å². The van der Waals surface area contributed by atoms with E-state index in [0.29, 0.717) is 30.3 Å². The fourth-order valence-electron chi connectivity index (χ4n) is 3.00. The van der Waals surface area contributed by atoms with Gasteiger partial charge in [-0.2, -0.15) is 8.42 Å². The van der Waals surface area contributed by atoms with Crippen LogP contribution >= 0.6 is 11.3 Å². The van der Waals surface area contributed by atoms with Gasteiger partial charge in [-0.05, 0) is 62.2 Å². The van der Waals surface area contributed by atoms with Crippen molar-refractivity contribution < 1.29 is 17.9 Å². The smallest absolute Gasteiger partial charge is 0.285 e. The number of aromatic nitrogens is 1. The summed E-state index contributed by atoms with van der Waals surface area (Å²) in [6.07, 6.45) is 0. The standard InChI is InChI=1S/C20H24N2O4S2/c1-5-26-11-10-22-18-13-14(2)12-15(3)19(18)27-20(22)21-28(23,24)17-8-6-16(25-4)7-9-17/h6-9,12-13H,5,10-11H2,1-4H3/b21-20-. The summed E-state index contributed by atoms with van der Waals surface area (Å²) in [4.78, 5) is 0.578. The van der Waals surface area contributed by atoms with E-state index in [9.17, 15) is 8.42 Å². The molecular weight excluding hydrogens is 396 g/mol. The first-order valence-corrected chi connectivity index (χ1v) is 11.2. The van der Waals surface area contributed by atoms with Gasteiger partial charge in [0.25, 0.3) is 10.0 Å². The molecule has 1 aromatic heterocycles. The van der Waals surface area contributed by atoms with Crippen molar-refractivity contribution in [3.63, 3.8) is 0 Å². The van der Waals surface area contributed by atoms with Crippen LogP contribution in [0.5, 0.6) is 5.75 Å². The molecular formula is C20H24N2O4S2. The Balaban J connectivity index is 2.16. The summed E-state index contributed by atoms with van der Waals surface area (Å²) in [5.74, 6) is 0.596. The lowest BCUT2D eigenvalue weighted by Crippen LogP contribution is -2.20. The molecule has 0 aliphatic rings. The van der Waals surface area contributed by atoms with Gasteiger partial charge < -0.3 is 14.0 Å². The van der Waals surface area contributed by atoms with E-state index in [1.807, 2.05) is 25.3 Å². The predicted molar refractivity (Wildman–Crippen MR) is 112 cm³/mol. The zero-order valence-corrected chi connectivity index (χ0v) is 18.1. The molecule has 8 heteroatoms. The maximum absolute atomic E-state index is 12.9. The van der Waals surface area contributed by atoms with Crippen LogP contribution in [0.4, 0.5) is 0 Å². The highest BCUT2D eigenvalue weighted by atomic mass is 32.2. The Labute approximate surface area is 169 Å². The number of hydrogen-bond acceptors (Lipinski definition) is 5. The van der Waals surface area contributed by atoms with Crippen LogP contribution in [0, 0.1) is 13.8 Å². The van der Waals surface area contributed by atoms with Gasteiger partial charge in [0.1, 0.15) is 5.75 Å². The number of nitrogens with zero attached hydrogens (tertiary/aromatic N) is 2. The molecule has 28 heavy (non-hydrogen) atoms. The normalized spacial score (nSPS) is 12.6. The third-order valence-corrected chi connectivity index (χ3v) is 6.96. The van der Waals surface area contributed by atoms with Gasteiger partial charge in [0.2, 0.25) is 4.80 Å². The summed E-state index contributed by atoms with van der Waals surface area (Å²) in [6, 6.07) is 10.4. The Bertz CT molecular complexity index is 1140. The predicted octanol–water partition coefficient (Wildman–Crippen LogP) is 3.65. The highest BCUT2D eigenvalue weighted by Crippen LogP contribution is 2.24. The molecule has 0 saturated carbocycles. The summed E-state index contributed by atoms with van der Waals surface area (Å²) < 4.78 is 43.4. The summed E-state index contributed by atoms with van der Waals surface area (Å²) in [5, 5.41) is 0. The first kappa shape index (κ1) is 20.6. The second-order valence-corrected chi connectivity index (χ2v) is 8.99. The van der Waals surface area contributed by atoms with Crippen LogP contribution in [0.1, 0.15) is 18.1 Å². The molecule has 0 unspecified atom stereocenters. The maximum atomic E-state index is 12.9. The van der Waals surface area contributed by atoms with E-state index in [4.69, 9.17) is 9.47 Å². The molecule has 0 spiro atoms. The quantitative estimate of drug-likeness (QED) is 0.547. The van der Waals surface area contributed by atoms with E-state index in [1.165, 1.54) is 30.6 Å². The SMILES string of the molecule is CCOCCn1/c(=N/S(=O)(=O)c2ccc(OC)cc2)sc2c(C)cc(C)cc21. The topological polar surface area (TPSA) is 69.9 Å². The second kappa shape index (κ2) is 8.46. The Morgan fingerprint density at radius 1 is 1.14 bits per heavy atom. The van der Waals surface area contributed by atoms with Crippen molar-refractivity contribution in [2.24, 2.45) is 4.40 Å². The van der Waals surface area contributed by atoms with Crippen molar-refractivity contribution in [1.82, 2.24) is 4.57 Å². The molecule has 3 rings (SSSR count). The van der Waals surface area contributed by atoms with Gasteiger partial charge in [-0.3, -0.25) is 0 Å². The van der Waals surface area contributed by atoms with E-state index < -0.39 is 10.0 Å². The van der Waals surface area contributed by atoms with Crippen molar-refractivity contribution >= 4 is 31.6 Å². The van der Waals surface area contributed by atoms with Gasteiger partial charge in [0.05, 0.1) is 28.8 Å². The molecule has 0 fully saturated rings. The second-order valence-electron chi connectivity index (χ2n) is 6.41. The highest BCUT2D eigenvalue weighted by molar-refractivity contribution is 7.90. The molecule has 0 amide bonds. The Morgan fingerprint density at radius 2 is 1.86 bits per heavy atom. The third-order valence-electron chi connectivity index (χ3n) is 4.33. The van der Waals surface area contributed by atoms with E-state index in [1.54, 1.807) is 12.1 Å². The molecule has 3 aromatic rings. The number of aryl methyl sites for hydroxylation is 2. The molecule has 0 N–H and O–H groups in total. The number of sulfonamides is 1. The van der Waals surface area contributed by atoms with Crippen LogP contribution in [0.15, 0.2) is 45.7 Å². The average molecular weight is 421 g/mol. The molecule has 0 bridgehead atoms. The van der Waals surface area contributed by atoms with Crippen LogP contribution in [0.25, 0.3) is 10.2 Å². The summed E-state index contributed by atoms with van der Waals surface area (Å²) in [7, 11) is -2.31. The van der Waals surface area contributed by atoms with Gasteiger partial charge in [0.15, 0.2) is 0 Å². The molecule has 0 atom stereocenters. The molecule has 0 saturated heterocycles. The number of ether oxygens (including phenoxy) is 2. The zero-order valence-electron chi connectivity index (χ0n) is 16.4. The Kier molecular flexibility index (Phi) is 6.22. The van der Waals surface area contributed by atoms with Crippen LogP contribution in [0.2, 0.25) is 0 Å². The van der Waals surface area contributed by atoms with Crippen molar-refractivity contribution in [3.05, 3.63) is 52.3 Å². The Hall–Kier alpha value is -2.16. The van der Waals surface area contributed by atoms with Crippen molar-refractivity contribution in [2.45, 2.75) is 32.2 Å². The molecule has 0 aliphatic heterocycles. The molecule has 1 heterocycles. The van der Waals surface area contributed by atoms with Crippen molar-refractivity contribution in [3.8, 4) is 5.75 Å². The fraction of sp³-hybridized carbons (Fsp3) is 0.350. The van der Waals surface area contributed by atoms with Gasteiger partial charge in [0, 0.05) is 13.2 Å². The molecule has 2 aromatic carbocycles. The summed E-state index contributed by atoms with van der Waals surface area (Å²) in [5.41, 5.74) is 3.21. The van der Waals surface area contributed by atoms with Crippen LogP contribution in [-0.2, 0) is 21.3 Å². The number of methoxy groups -OCH3 is 1. The lowest BCUT2D eigenvalue weighted by molar-refractivity contribution is 0.139. The largest absolute Gasteiger partial charge is 0.497 e. The average Bonchev–Trinajstić information content (AvgIpc) is 2.99. The monoisotopic (exact) mass is 420 g/mol. The maximum Gasteiger partial charge on any atom is 0.285 e. The molecule has 0 radical (unpaired) electrons. The lowest BCUT2D eigenvalue weighted by atomic mass is 10.1. The van der Waals surface area contributed by atoms with E-state index >= 15 is 0 Å². The van der Waals surface area contributed by atoms with Crippen LogP contribution in [0.3, 0.4) is 0 Å². The first-order valence-electron chi connectivity index (χ1n) is 8.99. The van der Waals surface area contributed by atoms with E-state index in [2.05, 4.69) is 16.5 Å². The van der Waals surface area contributed by atoms with Gasteiger partial charge in [-0.15, -0.1) is 4.40 Å². The van der Waals surface area contributed by atoms with Crippen LogP contribution < -0.4 is 9.54 Å².